The first-order valence-electron chi connectivity index (χ1n) is 6.45. The highest BCUT2D eigenvalue weighted by molar-refractivity contribution is 5.90. The third-order valence-electron chi connectivity index (χ3n) is 3.02. The summed E-state index contributed by atoms with van der Waals surface area (Å²) < 4.78 is 15.8. The van der Waals surface area contributed by atoms with E-state index in [1.807, 2.05) is 30.3 Å². The van der Waals surface area contributed by atoms with Crippen LogP contribution in [-0.4, -0.2) is 11.0 Å². The molecule has 5 nitrogen and oxygen atoms in total. The van der Waals surface area contributed by atoms with Crippen LogP contribution in [0.3, 0.4) is 0 Å². The quantitative estimate of drug-likeness (QED) is 0.684. The summed E-state index contributed by atoms with van der Waals surface area (Å²) in [5.74, 6) is 1.06. The minimum Gasteiger partial charge on any atom is -0.469 e. The minimum atomic E-state index is -0.458. The number of rotatable bonds is 4. The minimum absolute atomic E-state index is 0.0176. The number of hydrogen-bond donors (Lipinski definition) is 0. The van der Waals surface area contributed by atoms with Crippen molar-refractivity contribution >= 4 is 5.97 Å². The number of carbonyl (C=O) groups excluding carboxylic acids is 1. The van der Waals surface area contributed by atoms with Gasteiger partial charge < -0.3 is 13.6 Å². The molecular formula is C16H13NO4. The zero-order valence-corrected chi connectivity index (χ0v) is 11.4. The van der Waals surface area contributed by atoms with Crippen molar-refractivity contribution in [1.29, 1.82) is 0 Å². The van der Waals surface area contributed by atoms with E-state index in [-0.39, 0.29) is 6.61 Å². The fraction of sp³-hybridized carbons (Fsp3) is 0.125. The van der Waals surface area contributed by atoms with E-state index in [1.165, 1.54) is 6.26 Å². The summed E-state index contributed by atoms with van der Waals surface area (Å²) in [4.78, 5) is 15.9. The van der Waals surface area contributed by atoms with Crippen molar-refractivity contribution in [2.45, 2.75) is 13.5 Å². The van der Waals surface area contributed by atoms with Crippen LogP contribution in [0.1, 0.15) is 22.0 Å². The maximum absolute atomic E-state index is 11.8. The van der Waals surface area contributed by atoms with E-state index in [0.717, 1.165) is 5.56 Å². The summed E-state index contributed by atoms with van der Waals surface area (Å²) in [5.41, 5.74) is 1.33. The molecule has 0 aliphatic carbocycles. The summed E-state index contributed by atoms with van der Waals surface area (Å²) in [6.07, 6.45) is 3.06. The molecule has 2 heterocycles. The van der Waals surface area contributed by atoms with Crippen molar-refractivity contribution in [3.8, 4) is 11.3 Å². The number of furan rings is 1. The van der Waals surface area contributed by atoms with Crippen LogP contribution in [0.25, 0.3) is 11.3 Å². The number of hydrogen-bond acceptors (Lipinski definition) is 5. The molecule has 0 N–H and O–H groups in total. The Morgan fingerprint density at radius 2 is 2.05 bits per heavy atom. The normalized spacial score (nSPS) is 10.5. The van der Waals surface area contributed by atoms with Crippen LogP contribution in [-0.2, 0) is 11.3 Å². The van der Waals surface area contributed by atoms with Crippen LogP contribution in [0.5, 0.6) is 0 Å². The first-order chi connectivity index (χ1) is 10.2. The zero-order chi connectivity index (χ0) is 14.7. The summed E-state index contributed by atoms with van der Waals surface area (Å²) in [6.45, 7) is 1.69. The number of esters is 1. The van der Waals surface area contributed by atoms with Gasteiger partial charge in [-0.05, 0) is 13.0 Å². The monoisotopic (exact) mass is 283 g/mol. The molecule has 0 radical (unpaired) electrons. The highest BCUT2D eigenvalue weighted by atomic mass is 16.5. The highest BCUT2D eigenvalue weighted by Crippen LogP contribution is 2.20. The molecule has 5 heteroatoms. The number of oxazole rings is 1. The lowest BCUT2D eigenvalue weighted by molar-refractivity contribution is 0.0437. The van der Waals surface area contributed by atoms with Gasteiger partial charge in [-0.15, -0.1) is 0 Å². The van der Waals surface area contributed by atoms with Crippen molar-refractivity contribution in [1.82, 2.24) is 4.98 Å². The van der Waals surface area contributed by atoms with Gasteiger partial charge in [0.1, 0.15) is 11.3 Å². The number of aryl methyl sites for hydroxylation is 1. The molecule has 106 valence electrons. The van der Waals surface area contributed by atoms with Crippen molar-refractivity contribution in [3.63, 3.8) is 0 Å². The molecule has 2 aromatic heterocycles. The third kappa shape index (κ3) is 2.86. The maximum Gasteiger partial charge on any atom is 0.342 e. The predicted octanol–water partition coefficient (Wildman–Crippen LogP) is 3.60. The second-order valence-electron chi connectivity index (χ2n) is 4.45. The van der Waals surface area contributed by atoms with Crippen LogP contribution < -0.4 is 0 Å². The fourth-order valence-corrected chi connectivity index (χ4v) is 1.91. The number of aromatic nitrogens is 1. The Morgan fingerprint density at radius 3 is 2.76 bits per heavy atom. The Labute approximate surface area is 121 Å². The van der Waals surface area contributed by atoms with E-state index in [0.29, 0.717) is 23.0 Å². The molecule has 0 saturated heterocycles. The zero-order valence-electron chi connectivity index (χ0n) is 11.4. The molecule has 3 rings (SSSR count). The third-order valence-corrected chi connectivity index (χ3v) is 3.02. The number of carbonyl (C=O) groups is 1. The van der Waals surface area contributed by atoms with Crippen molar-refractivity contribution in [2.24, 2.45) is 0 Å². The molecule has 1 aromatic carbocycles. The fourth-order valence-electron chi connectivity index (χ4n) is 1.91. The standard InChI is InChI=1S/C16H13NO4/c1-11-13(7-8-19-11)16(18)20-10-15-17-9-14(21-15)12-5-3-2-4-6-12/h2-9H,10H2,1H3. The predicted molar refractivity (Wildman–Crippen MR) is 74.5 cm³/mol. The van der Waals surface area contributed by atoms with E-state index >= 15 is 0 Å². The molecule has 0 aliphatic heterocycles. The van der Waals surface area contributed by atoms with Crippen LogP contribution in [0.15, 0.2) is 57.7 Å². The Kier molecular flexibility index (Phi) is 3.55. The van der Waals surface area contributed by atoms with Crippen LogP contribution in [0.4, 0.5) is 0 Å². The average Bonchev–Trinajstić information content (AvgIpc) is 3.15. The topological polar surface area (TPSA) is 65.5 Å². The average molecular weight is 283 g/mol. The van der Waals surface area contributed by atoms with Gasteiger partial charge in [-0.2, -0.15) is 0 Å². The van der Waals surface area contributed by atoms with Gasteiger partial charge in [-0.3, -0.25) is 0 Å². The van der Waals surface area contributed by atoms with Crippen LogP contribution >= 0.6 is 0 Å². The lowest BCUT2D eigenvalue weighted by Gasteiger charge is -2.00. The van der Waals surface area contributed by atoms with Gasteiger partial charge in [0, 0.05) is 5.56 Å². The Balaban J connectivity index is 1.66. The van der Waals surface area contributed by atoms with Gasteiger partial charge in [0.2, 0.25) is 5.89 Å². The number of benzene rings is 1. The van der Waals surface area contributed by atoms with E-state index < -0.39 is 5.97 Å². The summed E-state index contributed by atoms with van der Waals surface area (Å²) in [6, 6.07) is 11.2. The second kappa shape index (κ2) is 5.66. The van der Waals surface area contributed by atoms with Gasteiger partial charge in [0.25, 0.3) is 0 Å². The second-order valence-corrected chi connectivity index (χ2v) is 4.45. The molecule has 0 atom stereocenters. The summed E-state index contributed by atoms with van der Waals surface area (Å²) in [5, 5.41) is 0. The molecule has 0 fully saturated rings. The van der Waals surface area contributed by atoms with E-state index in [4.69, 9.17) is 13.6 Å². The summed E-state index contributed by atoms with van der Waals surface area (Å²) in [7, 11) is 0. The smallest absolute Gasteiger partial charge is 0.342 e. The van der Waals surface area contributed by atoms with Crippen molar-refractivity contribution < 1.29 is 18.4 Å². The molecule has 21 heavy (non-hydrogen) atoms. The van der Waals surface area contributed by atoms with E-state index in [1.54, 1.807) is 19.2 Å². The first kappa shape index (κ1) is 13.2. The van der Waals surface area contributed by atoms with Crippen LogP contribution in [0, 0.1) is 6.92 Å². The van der Waals surface area contributed by atoms with E-state index in [2.05, 4.69) is 4.98 Å². The first-order valence-corrected chi connectivity index (χ1v) is 6.45. The lowest BCUT2D eigenvalue weighted by atomic mass is 10.2. The molecular weight excluding hydrogens is 270 g/mol. The summed E-state index contributed by atoms with van der Waals surface area (Å²) >= 11 is 0. The molecule has 0 spiro atoms. The van der Waals surface area contributed by atoms with Crippen molar-refractivity contribution in [3.05, 3.63) is 66.1 Å². The van der Waals surface area contributed by atoms with Gasteiger partial charge in [0.15, 0.2) is 12.4 Å². The number of ether oxygens (including phenoxy) is 1. The van der Waals surface area contributed by atoms with Gasteiger partial charge >= 0.3 is 5.97 Å². The van der Waals surface area contributed by atoms with Crippen molar-refractivity contribution in [2.75, 3.05) is 0 Å². The Morgan fingerprint density at radius 1 is 1.24 bits per heavy atom. The Bertz CT molecular complexity index is 742. The van der Waals surface area contributed by atoms with Gasteiger partial charge in [-0.1, -0.05) is 30.3 Å². The molecule has 0 unspecified atom stereocenters. The van der Waals surface area contributed by atoms with Crippen LogP contribution in [0.2, 0.25) is 0 Å². The molecule has 0 aliphatic rings. The van der Waals surface area contributed by atoms with E-state index in [9.17, 15) is 4.79 Å². The Hall–Kier alpha value is -2.82. The van der Waals surface area contributed by atoms with Gasteiger partial charge in [-0.25, -0.2) is 9.78 Å². The molecule has 0 saturated carbocycles. The largest absolute Gasteiger partial charge is 0.469 e. The number of nitrogens with zero attached hydrogens (tertiary/aromatic N) is 1. The SMILES string of the molecule is Cc1occc1C(=O)OCc1ncc(-c2ccccc2)o1. The van der Waals surface area contributed by atoms with Gasteiger partial charge in [0.05, 0.1) is 12.5 Å². The molecule has 0 amide bonds. The highest BCUT2D eigenvalue weighted by Gasteiger charge is 2.14. The lowest BCUT2D eigenvalue weighted by Crippen LogP contribution is -2.05. The molecule has 3 aromatic rings. The molecule has 0 bridgehead atoms. The maximum atomic E-state index is 11.8.